The van der Waals surface area contributed by atoms with E-state index in [2.05, 4.69) is 37.2 Å². The third-order valence-electron chi connectivity index (χ3n) is 5.94. The third-order valence-corrected chi connectivity index (χ3v) is 9.05. The van der Waals surface area contributed by atoms with Crippen molar-refractivity contribution in [3.8, 4) is 28.4 Å². The summed E-state index contributed by atoms with van der Waals surface area (Å²) in [6.45, 7) is 0.339. The van der Waals surface area contributed by atoms with Gasteiger partial charge in [0.05, 0.1) is 8.95 Å². The molecule has 200 valence electrons. The van der Waals surface area contributed by atoms with Crippen molar-refractivity contribution in [3.05, 3.63) is 69.1 Å². The van der Waals surface area contributed by atoms with E-state index in [-0.39, 0.29) is 16.4 Å². The first kappa shape index (κ1) is 28.1. The number of phenols is 1. The number of nitrogens with zero attached hydrogens (tertiary/aromatic N) is 1. The average molecular weight is 668 g/mol. The molecule has 0 unspecified atom stereocenters. The molecule has 0 bridgehead atoms. The number of ether oxygens (including phenoxy) is 1. The van der Waals surface area contributed by atoms with Crippen LogP contribution in [0.3, 0.4) is 0 Å². The van der Waals surface area contributed by atoms with Crippen LogP contribution in [0.15, 0.2) is 68.4 Å². The zero-order valence-electron chi connectivity index (χ0n) is 20.0. The number of aliphatic carboxylic acids is 1. The Hall–Kier alpha value is -2.93. The molecule has 0 saturated carbocycles. The quantitative estimate of drug-likeness (QED) is 0.294. The monoisotopic (exact) mass is 666 g/mol. The van der Waals surface area contributed by atoms with Gasteiger partial charge in [0.15, 0.2) is 5.75 Å². The van der Waals surface area contributed by atoms with Gasteiger partial charge in [0.25, 0.3) is 5.91 Å². The number of piperidine rings is 1. The number of carbonyl (C=O) groups excluding carboxylic acids is 1. The van der Waals surface area contributed by atoms with Crippen LogP contribution in [0.2, 0.25) is 0 Å². The molecule has 1 saturated heterocycles. The van der Waals surface area contributed by atoms with Gasteiger partial charge >= 0.3 is 5.97 Å². The van der Waals surface area contributed by atoms with Gasteiger partial charge in [-0.15, -0.1) is 0 Å². The van der Waals surface area contributed by atoms with Gasteiger partial charge in [0.2, 0.25) is 10.0 Å². The van der Waals surface area contributed by atoms with Crippen LogP contribution in [0.5, 0.6) is 17.2 Å². The number of sulfonamides is 1. The molecule has 4 rings (SSSR count). The molecule has 38 heavy (non-hydrogen) atoms. The summed E-state index contributed by atoms with van der Waals surface area (Å²) in [5.74, 6) is -1.37. The molecule has 12 heteroatoms. The lowest BCUT2D eigenvalue weighted by atomic mass is 10.0. The molecule has 0 aromatic heterocycles. The van der Waals surface area contributed by atoms with Crippen molar-refractivity contribution >= 4 is 53.8 Å². The number of nitrogens with one attached hydrogen (secondary N) is 1. The number of hydrogen-bond acceptors (Lipinski definition) is 6. The second-order valence-electron chi connectivity index (χ2n) is 8.62. The van der Waals surface area contributed by atoms with Crippen molar-refractivity contribution in [1.82, 2.24) is 9.62 Å². The van der Waals surface area contributed by atoms with E-state index in [1.807, 2.05) is 0 Å². The zero-order valence-corrected chi connectivity index (χ0v) is 24.0. The highest BCUT2D eigenvalue weighted by molar-refractivity contribution is 9.11. The topological polar surface area (TPSA) is 133 Å². The van der Waals surface area contributed by atoms with E-state index < -0.39 is 28.4 Å². The lowest BCUT2D eigenvalue weighted by Crippen LogP contribution is -2.35. The lowest BCUT2D eigenvalue weighted by molar-refractivity contribution is -0.135. The third kappa shape index (κ3) is 6.37. The van der Waals surface area contributed by atoms with Crippen LogP contribution in [0.1, 0.15) is 29.6 Å². The summed E-state index contributed by atoms with van der Waals surface area (Å²) in [4.78, 5) is 22.8. The minimum Gasteiger partial charge on any atom is -0.507 e. The van der Waals surface area contributed by atoms with Crippen molar-refractivity contribution in [2.75, 3.05) is 19.6 Å². The minimum atomic E-state index is -3.88. The van der Waals surface area contributed by atoms with Gasteiger partial charge in [-0.3, -0.25) is 9.59 Å². The van der Waals surface area contributed by atoms with Gasteiger partial charge in [0, 0.05) is 24.7 Å². The molecule has 0 spiro atoms. The first-order chi connectivity index (χ1) is 18.1. The first-order valence-corrected chi connectivity index (χ1v) is 14.7. The summed E-state index contributed by atoms with van der Waals surface area (Å²) in [6, 6.07) is 14.4. The second-order valence-corrected chi connectivity index (χ2v) is 12.2. The van der Waals surface area contributed by atoms with Gasteiger partial charge < -0.3 is 20.3 Å². The van der Waals surface area contributed by atoms with Gasteiger partial charge in [0.1, 0.15) is 22.9 Å². The fraction of sp³-hybridized carbons (Fsp3) is 0.231. The van der Waals surface area contributed by atoms with E-state index in [0.717, 1.165) is 24.8 Å². The molecule has 0 atom stereocenters. The maximum absolute atomic E-state index is 13.1. The highest BCUT2D eigenvalue weighted by Gasteiger charge is 2.29. The van der Waals surface area contributed by atoms with E-state index >= 15 is 0 Å². The second kappa shape index (κ2) is 11.9. The zero-order chi connectivity index (χ0) is 27.4. The predicted octanol–water partition coefficient (Wildman–Crippen LogP) is 5.37. The van der Waals surface area contributed by atoms with E-state index in [4.69, 9.17) is 9.84 Å². The van der Waals surface area contributed by atoms with Crippen LogP contribution in [0.4, 0.5) is 0 Å². The number of hydrogen-bond donors (Lipinski definition) is 3. The van der Waals surface area contributed by atoms with Crippen molar-refractivity contribution in [3.63, 3.8) is 0 Å². The number of aromatic hydroxyl groups is 1. The number of amides is 1. The Morgan fingerprint density at radius 3 is 2.29 bits per heavy atom. The molecular formula is C26H24Br2N2O7S. The summed E-state index contributed by atoms with van der Waals surface area (Å²) in [6.07, 6.45) is 2.53. The molecular weight excluding hydrogens is 644 g/mol. The van der Waals surface area contributed by atoms with E-state index in [1.165, 1.54) is 22.5 Å². The SMILES string of the molecule is O=C(O)CNC(=O)c1cccc(-c2cc(Br)c(Oc3ccc(O)c(S(=O)(=O)N4CCCCC4)c3)c(Br)c2)c1. The van der Waals surface area contributed by atoms with Crippen LogP contribution in [0, 0.1) is 0 Å². The van der Waals surface area contributed by atoms with Crippen LogP contribution in [-0.4, -0.2) is 54.4 Å². The molecule has 1 heterocycles. The first-order valence-electron chi connectivity index (χ1n) is 11.7. The van der Waals surface area contributed by atoms with Gasteiger partial charge in [-0.25, -0.2) is 8.42 Å². The van der Waals surface area contributed by atoms with Gasteiger partial charge in [-0.2, -0.15) is 4.31 Å². The maximum atomic E-state index is 13.1. The Morgan fingerprint density at radius 2 is 1.63 bits per heavy atom. The Morgan fingerprint density at radius 1 is 0.947 bits per heavy atom. The smallest absolute Gasteiger partial charge is 0.322 e. The molecule has 0 aliphatic carbocycles. The number of benzene rings is 3. The highest BCUT2D eigenvalue weighted by atomic mass is 79.9. The van der Waals surface area contributed by atoms with Crippen molar-refractivity contribution in [1.29, 1.82) is 0 Å². The van der Waals surface area contributed by atoms with Crippen LogP contribution >= 0.6 is 31.9 Å². The Bertz CT molecular complexity index is 1470. The standard InChI is InChI=1S/C26H24Br2N2O7S/c27-20-12-18(16-5-4-6-17(11-16)26(34)29-15-24(32)33)13-21(28)25(20)37-19-7-8-22(31)23(14-19)38(35,36)30-9-2-1-3-10-30/h4-8,11-14,31H,1-3,9-10,15H2,(H,29,34)(H,32,33). The number of carbonyl (C=O) groups is 2. The molecule has 9 nitrogen and oxygen atoms in total. The molecule has 1 fully saturated rings. The van der Waals surface area contributed by atoms with E-state index in [1.54, 1.807) is 36.4 Å². The largest absolute Gasteiger partial charge is 0.507 e. The van der Waals surface area contributed by atoms with Gasteiger partial charge in [-0.1, -0.05) is 18.6 Å². The molecule has 1 aliphatic heterocycles. The molecule has 1 amide bonds. The summed E-state index contributed by atoms with van der Waals surface area (Å²) >= 11 is 7.00. The van der Waals surface area contributed by atoms with Crippen LogP contribution < -0.4 is 10.1 Å². The summed E-state index contributed by atoms with van der Waals surface area (Å²) in [7, 11) is -3.88. The van der Waals surface area contributed by atoms with Crippen molar-refractivity contribution < 1.29 is 33.0 Å². The van der Waals surface area contributed by atoms with Gasteiger partial charge in [-0.05, 0) is 92.2 Å². The Labute approximate surface area is 236 Å². The summed E-state index contributed by atoms with van der Waals surface area (Å²) < 4.78 is 34.8. The van der Waals surface area contributed by atoms with E-state index in [0.29, 0.717) is 38.9 Å². The Kier molecular flexibility index (Phi) is 8.76. The molecule has 3 N–H and O–H groups in total. The number of halogens is 2. The highest BCUT2D eigenvalue weighted by Crippen LogP contribution is 2.41. The fourth-order valence-electron chi connectivity index (χ4n) is 4.05. The average Bonchev–Trinajstić information content (AvgIpc) is 2.90. The predicted molar refractivity (Wildman–Crippen MR) is 148 cm³/mol. The number of carboxylic acids is 1. The molecule has 3 aromatic carbocycles. The maximum Gasteiger partial charge on any atom is 0.322 e. The Balaban J connectivity index is 1.59. The summed E-state index contributed by atoms with van der Waals surface area (Å²) in [5, 5.41) is 21.4. The van der Waals surface area contributed by atoms with Crippen molar-refractivity contribution in [2.45, 2.75) is 24.2 Å². The van der Waals surface area contributed by atoms with E-state index in [9.17, 15) is 23.1 Å². The normalized spacial score (nSPS) is 14.2. The summed E-state index contributed by atoms with van der Waals surface area (Å²) in [5.41, 5.74) is 1.76. The van der Waals surface area contributed by atoms with Crippen molar-refractivity contribution in [2.24, 2.45) is 0 Å². The molecule has 0 radical (unpaired) electrons. The number of rotatable bonds is 8. The lowest BCUT2D eigenvalue weighted by Gasteiger charge is -2.26. The van der Waals surface area contributed by atoms with Crippen LogP contribution in [-0.2, 0) is 14.8 Å². The molecule has 1 aliphatic rings. The number of carboxylic acid groups (broad SMARTS) is 1. The number of phenolic OH excluding ortho intramolecular Hbond substituents is 1. The van der Waals surface area contributed by atoms with Crippen LogP contribution in [0.25, 0.3) is 11.1 Å². The fourth-order valence-corrected chi connectivity index (χ4v) is 7.01. The molecule has 3 aromatic rings. The minimum absolute atomic E-state index is 0.209.